The Morgan fingerprint density at radius 3 is 1.92 bits per heavy atom. The van der Waals surface area contributed by atoms with E-state index in [0.29, 0.717) is 0 Å². The molecule has 2 heteroatoms. The summed E-state index contributed by atoms with van der Waals surface area (Å²) >= 11 is 0. The number of amides is 1. The summed E-state index contributed by atoms with van der Waals surface area (Å²) in [4.78, 5) is 10.9. The van der Waals surface area contributed by atoms with Gasteiger partial charge in [-0.3, -0.25) is 4.79 Å². The molecule has 0 saturated heterocycles. The highest BCUT2D eigenvalue weighted by molar-refractivity contribution is 5.87. The zero-order valence-electron chi connectivity index (χ0n) is 9.06. The summed E-state index contributed by atoms with van der Waals surface area (Å²) in [6.07, 6.45) is 3.24. The van der Waals surface area contributed by atoms with E-state index in [9.17, 15) is 4.79 Å². The van der Waals surface area contributed by atoms with Crippen LogP contribution in [0.15, 0.2) is 12.2 Å². The summed E-state index contributed by atoms with van der Waals surface area (Å²) in [5.74, 6) is -0.0324. The summed E-state index contributed by atoms with van der Waals surface area (Å²) in [6, 6.07) is 0. The lowest BCUT2D eigenvalue weighted by molar-refractivity contribution is -0.117. The van der Waals surface area contributed by atoms with Gasteiger partial charge in [0.25, 0.3) is 0 Å². The van der Waals surface area contributed by atoms with Crippen molar-refractivity contribution in [3.05, 3.63) is 12.2 Å². The molecule has 0 aromatic rings. The van der Waals surface area contributed by atoms with Crippen LogP contribution in [0, 0.1) is 0 Å². The molecule has 0 aliphatic heterocycles. The fraction of sp³-hybridized carbons (Fsp3) is 0.700. The zero-order valence-corrected chi connectivity index (χ0v) is 9.06. The molecule has 0 aliphatic carbocycles. The first-order valence-corrected chi connectivity index (χ1v) is 4.40. The van der Waals surface area contributed by atoms with Gasteiger partial charge in [-0.15, -0.1) is 0 Å². The fourth-order valence-electron chi connectivity index (χ4n) is 0.563. The highest BCUT2D eigenvalue weighted by Gasteiger charge is 2.10. The number of hydrogen-bond donors (Lipinski definition) is 1. The Hall–Kier alpha value is -0.790. The van der Waals surface area contributed by atoms with E-state index in [-0.39, 0.29) is 11.4 Å². The molecule has 0 aromatic heterocycles. The van der Waals surface area contributed by atoms with Gasteiger partial charge in [-0.1, -0.05) is 19.9 Å². The van der Waals surface area contributed by atoms with Gasteiger partial charge in [-0.2, -0.15) is 0 Å². The molecule has 1 amide bonds. The van der Waals surface area contributed by atoms with Crippen LogP contribution in [0.4, 0.5) is 0 Å². The van der Waals surface area contributed by atoms with Crippen molar-refractivity contribution >= 4 is 5.91 Å². The SMILES string of the molecule is C/C=C/C(=O)NC(C)(C)C.CC. The van der Waals surface area contributed by atoms with Gasteiger partial charge in [0.1, 0.15) is 0 Å². The molecule has 0 rings (SSSR count). The molecular weight excluding hydrogens is 150 g/mol. The third-order valence-corrected chi connectivity index (χ3v) is 0.816. The molecule has 0 fully saturated rings. The molecule has 72 valence electrons. The maximum Gasteiger partial charge on any atom is 0.244 e. The van der Waals surface area contributed by atoms with Crippen molar-refractivity contribution in [2.75, 3.05) is 0 Å². The molecule has 0 unspecified atom stereocenters. The first-order valence-electron chi connectivity index (χ1n) is 4.40. The van der Waals surface area contributed by atoms with E-state index in [1.165, 1.54) is 6.08 Å². The predicted molar refractivity (Wildman–Crippen MR) is 54.1 cm³/mol. The minimum atomic E-state index is -0.128. The number of carbonyl (C=O) groups excluding carboxylic acids is 1. The second-order valence-electron chi connectivity index (χ2n) is 3.24. The molecule has 12 heavy (non-hydrogen) atoms. The fourth-order valence-corrected chi connectivity index (χ4v) is 0.563. The monoisotopic (exact) mass is 171 g/mol. The van der Waals surface area contributed by atoms with Crippen molar-refractivity contribution < 1.29 is 4.79 Å². The van der Waals surface area contributed by atoms with E-state index >= 15 is 0 Å². The molecule has 0 aromatic carbocycles. The highest BCUT2D eigenvalue weighted by atomic mass is 16.1. The van der Waals surface area contributed by atoms with E-state index in [1.54, 1.807) is 6.08 Å². The topological polar surface area (TPSA) is 29.1 Å². The lowest BCUT2D eigenvalue weighted by atomic mass is 10.1. The maximum absolute atomic E-state index is 10.9. The average Bonchev–Trinajstić information content (AvgIpc) is 1.88. The Morgan fingerprint density at radius 1 is 1.25 bits per heavy atom. The summed E-state index contributed by atoms with van der Waals surface area (Å²) in [7, 11) is 0. The molecule has 0 bridgehead atoms. The number of rotatable bonds is 1. The Kier molecular flexibility index (Phi) is 7.91. The summed E-state index contributed by atoms with van der Waals surface area (Å²) in [5, 5.41) is 2.79. The van der Waals surface area contributed by atoms with Crippen LogP contribution in [0.2, 0.25) is 0 Å². The molecule has 0 aliphatic rings. The number of hydrogen-bond acceptors (Lipinski definition) is 1. The van der Waals surface area contributed by atoms with Crippen LogP contribution < -0.4 is 5.32 Å². The van der Waals surface area contributed by atoms with E-state index in [1.807, 2.05) is 41.5 Å². The van der Waals surface area contributed by atoms with Crippen molar-refractivity contribution in [3.63, 3.8) is 0 Å². The maximum atomic E-state index is 10.9. The standard InChI is InChI=1S/C8H15NO.C2H6/c1-5-6-7(10)9-8(2,3)4;1-2/h5-6H,1-4H3,(H,9,10);1-2H3/b6-5+;. The smallest absolute Gasteiger partial charge is 0.244 e. The van der Waals surface area contributed by atoms with Crippen LogP contribution in [-0.2, 0) is 4.79 Å². The predicted octanol–water partition coefficient (Wildman–Crippen LogP) is 2.50. The normalized spacial score (nSPS) is 10.5. The highest BCUT2D eigenvalue weighted by Crippen LogP contribution is 1.97. The van der Waals surface area contributed by atoms with Gasteiger partial charge < -0.3 is 5.32 Å². The Balaban J connectivity index is 0. The first kappa shape index (κ1) is 13.8. The van der Waals surface area contributed by atoms with Gasteiger partial charge in [-0.25, -0.2) is 0 Å². The molecule has 2 nitrogen and oxygen atoms in total. The summed E-state index contributed by atoms with van der Waals surface area (Å²) in [6.45, 7) is 11.7. The molecule has 1 N–H and O–H groups in total. The largest absolute Gasteiger partial charge is 0.348 e. The Bertz CT molecular complexity index is 142. The quantitative estimate of drug-likeness (QED) is 0.603. The zero-order chi connectivity index (χ0) is 10.2. The van der Waals surface area contributed by atoms with Crippen LogP contribution in [0.3, 0.4) is 0 Å². The van der Waals surface area contributed by atoms with E-state index in [4.69, 9.17) is 0 Å². The summed E-state index contributed by atoms with van der Waals surface area (Å²) < 4.78 is 0. The second-order valence-corrected chi connectivity index (χ2v) is 3.24. The van der Waals surface area contributed by atoms with Crippen LogP contribution >= 0.6 is 0 Å². The number of allylic oxidation sites excluding steroid dienone is 1. The van der Waals surface area contributed by atoms with Gasteiger partial charge in [-0.05, 0) is 33.8 Å². The van der Waals surface area contributed by atoms with Crippen molar-refractivity contribution in [1.29, 1.82) is 0 Å². The molecule has 0 radical (unpaired) electrons. The molecular formula is C10H21NO. The lowest BCUT2D eigenvalue weighted by Crippen LogP contribution is -2.39. The molecule has 0 heterocycles. The first-order chi connectivity index (χ1) is 5.45. The number of nitrogens with one attached hydrogen (secondary N) is 1. The van der Waals surface area contributed by atoms with Crippen LogP contribution in [-0.4, -0.2) is 11.4 Å². The third-order valence-electron chi connectivity index (χ3n) is 0.816. The van der Waals surface area contributed by atoms with Crippen molar-refractivity contribution in [3.8, 4) is 0 Å². The molecule has 0 atom stereocenters. The minimum absolute atomic E-state index is 0.0324. The van der Waals surface area contributed by atoms with Gasteiger partial charge in [0, 0.05) is 5.54 Å². The lowest BCUT2D eigenvalue weighted by Gasteiger charge is -2.18. The second kappa shape index (κ2) is 6.89. The molecule has 0 saturated carbocycles. The van der Waals surface area contributed by atoms with Crippen LogP contribution in [0.1, 0.15) is 41.5 Å². The van der Waals surface area contributed by atoms with Gasteiger partial charge in [0.2, 0.25) is 5.91 Å². The van der Waals surface area contributed by atoms with Crippen LogP contribution in [0.25, 0.3) is 0 Å². The van der Waals surface area contributed by atoms with E-state index < -0.39 is 0 Å². The van der Waals surface area contributed by atoms with Gasteiger partial charge in [0.05, 0.1) is 0 Å². The van der Waals surface area contributed by atoms with Gasteiger partial charge in [0.15, 0.2) is 0 Å². The third kappa shape index (κ3) is 11.9. The van der Waals surface area contributed by atoms with Crippen molar-refractivity contribution in [2.45, 2.75) is 47.1 Å². The summed E-state index contributed by atoms with van der Waals surface area (Å²) in [5.41, 5.74) is -0.128. The Morgan fingerprint density at radius 2 is 1.67 bits per heavy atom. The number of carbonyl (C=O) groups is 1. The van der Waals surface area contributed by atoms with Gasteiger partial charge >= 0.3 is 0 Å². The van der Waals surface area contributed by atoms with E-state index in [2.05, 4.69) is 5.32 Å². The van der Waals surface area contributed by atoms with E-state index in [0.717, 1.165) is 0 Å². The van der Waals surface area contributed by atoms with Crippen molar-refractivity contribution in [1.82, 2.24) is 5.32 Å². The Labute approximate surface area is 76.1 Å². The minimum Gasteiger partial charge on any atom is -0.348 e. The van der Waals surface area contributed by atoms with Crippen molar-refractivity contribution in [2.24, 2.45) is 0 Å². The van der Waals surface area contributed by atoms with Crippen LogP contribution in [0.5, 0.6) is 0 Å². The molecule has 0 spiro atoms. The average molecular weight is 171 g/mol.